The van der Waals surface area contributed by atoms with Crippen LogP contribution in [0.3, 0.4) is 0 Å². The quantitative estimate of drug-likeness (QED) is 0.879. The molecule has 1 N–H and O–H groups in total. The molecule has 0 radical (unpaired) electrons. The lowest BCUT2D eigenvalue weighted by Crippen LogP contribution is -2.10. The topological polar surface area (TPSA) is 37.8 Å². The molecular formula is C11H12F3N3S2. The first kappa shape index (κ1) is 14.3. The summed E-state index contributed by atoms with van der Waals surface area (Å²) in [6.45, 7) is 2.03. The molecule has 2 rings (SSSR count). The monoisotopic (exact) mass is 307 g/mol. The summed E-state index contributed by atoms with van der Waals surface area (Å²) in [4.78, 5) is 4.58. The second kappa shape index (κ2) is 5.87. The molecule has 2 aromatic heterocycles. The lowest BCUT2D eigenvalue weighted by molar-refractivity contribution is -0.144. The van der Waals surface area contributed by atoms with E-state index in [1.54, 1.807) is 11.3 Å². The number of nitrogens with zero attached hydrogens (tertiary/aromatic N) is 2. The maximum Gasteiger partial charge on any atom is 0.452 e. The van der Waals surface area contributed by atoms with Crippen molar-refractivity contribution in [3.05, 3.63) is 28.2 Å². The molecule has 2 heterocycles. The lowest BCUT2D eigenvalue weighted by Gasteiger charge is -2.15. The molecule has 0 aliphatic rings. The van der Waals surface area contributed by atoms with Gasteiger partial charge in [-0.1, -0.05) is 19.4 Å². The van der Waals surface area contributed by atoms with Gasteiger partial charge in [0, 0.05) is 16.4 Å². The SMILES string of the molecule is CCCC(Nc1nc(C(F)(F)F)ns1)c1cccs1. The molecule has 0 saturated carbocycles. The van der Waals surface area contributed by atoms with Gasteiger partial charge in [-0.2, -0.15) is 22.5 Å². The van der Waals surface area contributed by atoms with Crippen molar-refractivity contribution in [2.75, 3.05) is 5.32 Å². The van der Waals surface area contributed by atoms with Gasteiger partial charge in [0.25, 0.3) is 0 Å². The van der Waals surface area contributed by atoms with Gasteiger partial charge in [-0.15, -0.1) is 11.3 Å². The Kier molecular flexibility index (Phi) is 4.41. The average molecular weight is 307 g/mol. The highest BCUT2D eigenvalue weighted by molar-refractivity contribution is 7.10. The number of alkyl halides is 3. The standard InChI is InChI=1S/C11H12F3N3S2/c1-2-4-7(8-5-3-6-18-8)15-10-16-9(17-19-10)11(12,13)14/h3,5-7H,2,4H2,1H3,(H,15,16,17). The summed E-state index contributed by atoms with van der Waals surface area (Å²) in [6.07, 6.45) is -2.72. The number of hydrogen-bond acceptors (Lipinski definition) is 5. The third-order valence-corrected chi connectivity index (χ3v) is 4.07. The van der Waals surface area contributed by atoms with E-state index in [0.717, 1.165) is 29.3 Å². The third-order valence-electron chi connectivity index (χ3n) is 2.44. The summed E-state index contributed by atoms with van der Waals surface area (Å²) in [6, 6.07) is 3.87. The van der Waals surface area contributed by atoms with Crippen LogP contribution in [0.1, 0.15) is 36.5 Å². The van der Waals surface area contributed by atoms with Crippen LogP contribution >= 0.6 is 22.9 Å². The van der Waals surface area contributed by atoms with Crippen LogP contribution in [0.5, 0.6) is 0 Å². The van der Waals surface area contributed by atoms with E-state index < -0.39 is 12.0 Å². The second-order valence-electron chi connectivity index (χ2n) is 3.92. The zero-order chi connectivity index (χ0) is 13.9. The molecule has 104 valence electrons. The van der Waals surface area contributed by atoms with E-state index in [1.807, 2.05) is 24.4 Å². The summed E-state index contributed by atoms with van der Waals surface area (Å²) in [7, 11) is 0. The first-order chi connectivity index (χ1) is 9.00. The van der Waals surface area contributed by atoms with E-state index in [-0.39, 0.29) is 11.2 Å². The van der Waals surface area contributed by atoms with Crippen LogP contribution in [0.2, 0.25) is 0 Å². The number of thiophene rings is 1. The van der Waals surface area contributed by atoms with Crippen molar-refractivity contribution >= 4 is 28.0 Å². The van der Waals surface area contributed by atoms with Gasteiger partial charge in [0.2, 0.25) is 11.0 Å². The molecule has 8 heteroatoms. The van der Waals surface area contributed by atoms with Gasteiger partial charge in [0.15, 0.2) is 0 Å². The molecular weight excluding hydrogens is 295 g/mol. The second-order valence-corrected chi connectivity index (χ2v) is 5.65. The van der Waals surface area contributed by atoms with Crippen LogP contribution in [-0.4, -0.2) is 9.36 Å². The fourth-order valence-electron chi connectivity index (χ4n) is 1.61. The van der Waals surface area contributed by atoms with Crippen molar-refractivity contribution in [1.82, 2.24) is 9.36 Å². The number of hydrogen-bond donors (Lipinski definition) is 1. The van der Waals surface area contributed by atoms with E-state index >= 15 is 0 Å². The molecule has 0 amide bonds. The highest BCUT2D eigenvalue weighted by Crippen LogP contribution is 2.32. The Balaban J connectivity index is 2.11. The van der Waals surface area contributed by atoms with Crippen molar-refractivity contribution in [2.45, 2.75) is 32.0 Å². The first-order valence-corrected chi connectivity index (χ1v) is 7.37. The minimum absolute atomic E-state index is 0.0148. The van der Waals surface area contributed by atoms with E-state index in [2.05, 4.69) is 14.7 Å². The third kappa shape index (κ3) is 3.66. The van der Waals surface area contributed by atoms with Gasteiger partial charge in [0.05, 0.1) is 6.04 Å². The smallest absolute Gasteiger partial charge is 0.353 e. The van der Waals surface area contributed by atoms with E-state index in [0.29, 0.717) is 0 Å². The van der Waals surface area contributed by atoms with Crippen molar-refractivity contribution in [2.24, 2.45) is 0 Å². The maximum absolute atomic E-state index is 12.4. The van der Waals surface area contributed by atoms with Gasteiger partial charge < -0.3 is 5.32 Å². The van der Waals surface area contributed by atoms with Crippen LogP contribution in [0.15, 0.2) is 17.5 Å². The molecule has 0 fully saturated rings. The van der Waals surface area contributed by atoms with Crippen molar-refractivity contribution in [1.29, 1.82) is 0 Å². The Morgan fingerprint density at radius 3 is 2.74 bits per heavy atom. The van der Waals surface area contributed by atoms with E-state index in [4.69, 9.17) is 0 Å². The highest BCUT2D eigenvalue weighted by atomic mass is 32.1. The Bertz CT molecular complexity index is 507. The fraction of sp³-hybridized carbons (Fsp3) is 0.455. The Hall–Kier alpha value is -1.15. The Morgan fingerprint density at radius 1 is 1.42 bits per heavy atom. The van der Waals surface area contributed by atoms with Crippen LogP contribution in [0.4, 0.5) is 18.3 Å². The number of anilines is 1. The molecule has 0 aromatic carbocycles. The van der Waals surface area contributed by atoms with Crippen molar-refractivity contribution in [3.63, 3.8) is 0 Å². The zero-order valence-electron chi connectivity index (χ0n) is 10.1. The molecule has 19 heavy (non-hydrogen) atoms. The van der Waals surface area contributed by atoms with Crippen molar-refractivity contribution < 1.29 is 13.2 Å². The van der Waals surface area contributed by atoms with Crippen LogP contribution in [0.25, 0.3) is 0 Å². The molecule has 3 nitrogen and oxygen atoms in total. The molecule has 0 saturated heterocycles. The van der Waals surface area contributed by atoms with Crippen LogP contribution < -0.4 is 5.32 Å². The minimum atomic E-state index is -4.49. The molecule has 0 spiro atoms. The first-order valence-electron chi connectivity index (χ1n) is 5.71. The molecule has 1 unspecified atom stereocenters. The van der Waals surface area contributed by atoms with Crippen LogP contribution in [0, 0.1) is 0 Å². The van der Waals surface area contributed by atoms with Crippen LogP contribution in [-0.2, 0) is 6.18 Å². The van der Waals surface area contributed by atoms with Gasteiger partial charge in [-0.3, -0.25) is 0 Å². The molecule has 2 aromatic rings. The summed E-state index contributed by atoms with van der Waals surface area (Å²) < 4.78 is 40.6. The van der Waals surface area contributed by atoms with E-state index in [1.165, 1.54) is 0 Å². The predicted octanol–water partition coefficient (Wildman–Crippen LogP) is 4.57. The number of halogens is 3. The van der Waals surface area contributed by atoms with Gasteiger partial charge in [-0.05, 0) is 17.9 Å². The van der Waals surface area contributed by atoms with Gasteiger partial charge in [0.1, 0.15) is 0 Å². The minimum Gasteiger partial charge on any atom is -0.353 e. The summed E-state index contributed by atoms with van der Waals surface area (Å²) in [5, 5.41) is 5.18. The fourth-order valence-corrected chi connectivity index (χ4v) is 3.06. The zero-order valence-corrected chi connectivity index (χ0v) is 11.7. The molecule has 0 aliphatic heterocycles. The average Bonchev–Trinajstić information content (AvgIpc) is 2.98. The van der Waals surface area contributed by atoms with E-state index in [9.17, 15) is 13.2 Å². The maximum atomic E-state index is 12.4. The number of rotatable bonds is 5. The summed E-state index contributed by atoms with van der Waals surface area (Å²) in [5.74, 6) is -1.08. The number of aromatic nitrogens is 2. The normalized spacial score (nSPS) is 13.5. The molecule has 0 aliphatic carbocycles. The largest absolute Gasteiger partial charge is 0.452 e. The van der Waals surface area contributed by atoms with Gasteiger partial charge >= 0.3 is 6.18 Å². The predicted molar refractivity (Wildman–Crippen MR) is 70.5 cm³/mol. The Morgan fingerprint density at radius 2 is 2.21 bits per heavy atom. The van der Waals surface area contributed by atoms with Crippen molar-refractivity contribution in [3.8, 4) is 0 Å². The highest BCUT2D eigenvalue weighted by Gasteiger charge is 2.36. The van der Waals surface area contributed by atoms with Gasteiger partial charge in [-0.25, -0.2) is 0 Å². The Labute approximate surface area is 116 Å². The summed E-state index contributed by atoms with van der Waals surface area (Å²) >= 11 is 2.31. The lowest BCUT2D eigenvalue weighted by atomic mass is 10.1. The molecule has 1 atom stereocenters. The number of nitrogens with one attached hydrogen (secondary N) is 1. The molecule has 0 bridgehead atoms. The summed E-state index contributed by atoms with van der Waals surface area (Å²) in [5.41, 5.74) is 0.